The number of aliphatic hydroxyl groups is 1. The van der Waals surface area contributed by atoms with Crippen molar-refractivity contribution in [2.24, 2.45) is 11.8 Å². The normalized spacial score (nSPS) is 24.1. The first-order valence-electron chi connectivity index (χ1n) is 10.8. The molecule has 144 valence electrons. The van der Waals surface area contributed by atoms with Crippen LogP contribution in [0.25, 0.3) is 0 Å². The number of aliphatic hydroxyl groups excluding tert-OH is 1. The fourth-order valence-corrected chi connectivity index (χ4v) is 4.71. The summed E-state index contributed by atoms with van der Waals surface area (Å²) in [6.45, 7) is 2.05. The van der Waals surface area contributed by atoms with Crippen molar-refractivity contribution >= 4 is 0 Å². The molecule has 0 aliphatic heterocycles. The lowest BCUT2D eigenvalue weighted by atomic mass is 9.81. The van der Waals surface area contributed by atoms with Crippen LogP contribution in [0.3, 0.4) is 0 Å². The summed E-state index contributed by atoms with van der Waals surface area (Å²) in [6, 6.07) is 22.4. The average Bonchev–Trinajstić information content (AvgIpc) is 3.55. The summed E-state index contributed by atoms with van der Waals surface area (Å²) in [5.74, 6) is 1.35. The Balaban J connectivity index is 1.37. The van der Waals surface area contributed by atoms with E-state index in [0.29, 0.717) is 12.0 Å². The fraction of sp³-hybridized carbons (Fsp3) is 0.520. The minimum Gasteiger partial charge on any atom is -0.393 e. The summed E-state index contributed by atoms with van der Waals surface area (Å²) in [6.07, 6.45) is 8.58. The van der Waals surface area contributed by atoms with Gasteiger partial charge in [0.15, 0.2) is 0 Å². The van der Waals surface area contributed by atoms with E-state index in [0.717, 1.165) is 25.4 Å². The maximum atomic E-state index is 10.3. The van der Waals surface area contributed by atoms with Gasteiger partial charge in [0.2, 0.25) is 0 Å². The molecule has 0 saturated heterocycles. The average molecular weight is 364 g/mol. The Kier molecular flexibility index (Phi) is 6.26. The molecule has 1 N–H and O–H groups in total. The summed E-state index contributed by atoms with van der Waals surface area (Å²) < 4.78 is 0. The van der Waals surface area contributed by atoms with Crippen LogP contribution in [0, 0.1) is 11.8 Å². The number of benzene rings is 2. The van der Waals surface area contributed by atoms with Gasteiger partial charge in [-0.2, -0.15) is 0 Å². The highest BCUT2D eigenvalue weighted by Gasteiger charge is 2.33. The number of hydrogen-bond acceptors (Lipinski definition) is 2. The van der Waals surface area contributed by atoms with E-state index in [1.807, 2.05) is 0 Å². The van der Waals surface area contributed by atoms with Gasteiger partial charge in [0.1, 0.15) is 0 Å². The molecule has 0 radical (unpaired) electrons. The molecular formula is C25H33NO. The zero-order valence-corrected chi connectivity index (χ0v) is 16.3. The van der Waals surface area contributed by atoms with Crippen LogP contribution >= 0.6 is 0 Å². The van der Waals surface area contributed by atoms with E-state index < -0.39 is 0 Å². The van der Waals surface area contributed by atoms with Gasteiger partial charge in [-0.3, -0.25) is 4.90 Å². The van der Waals surface area contributed by atoms with E-state index in [2.05, 4.69) is 65.6 Å². The summed E-state index contributed by atoms with van der Waals surface area (Å²) in [7, 11) is 0. The Hall–Kier alpha value is -1.64. The lowest BCUT2D eigenvalue weighted by molar-refractivity contribution is 0.0814. The third-order valence-electron chi connectivity index (χ3n) is 6.53. The van der Waals surface area contributed by atoms with Gasteiger partial charge < -0.3 is 5.11 Å². The summed E-state index contributed by atoms with van der Waals surface area (Å²) in [5.41, 5.74) is 2.81. The van der Waals surface area contributed by atoms with Crippen LogP contribution in [-0.2, 0) is 13.1 Å². The maximum Gasteiger partial charge on any atom is 0.0571 e. The van der Waals surface area contributed by atoms with Crippen molar-refractivity contribution in [1.82, 2.24) is 4.90 Å². The van der Waals surface area contributed by atoms with Crippen molar-refractivity contribution in [3.63, 3.8) is 0 Å². The zero-order valence-electron chi connectivity index (χ0n) is 16.3. The van der Waals surface area contributed by atoms with Crippen LogP contribution in [0.4, 0.5) is 0 Å². The van der Waals surface area contributed by atoms with Crippen LogP contribution in [0.2, 0.25) is 0 Å². The minimum absolute atomic E-state index is 0.0312. The quantitative estimate of drug-likeness (QED) is 0.678. The minimum atomic E-state index is -0.0312. The standard InChI is InChI=1S/C25H33NO/c27-25(23-13-14-23)17-20-11-15-24(16-12-20)26(18-21-7-3-1-4-8-21)19-22-9-5-2-6-10-22/h1-10,20,23-25,27H,11-19H2. The van der Waals surface area contributed by atoms with E-state index >= 15 is 0 Å². The highest BCUT2D eigenvalue weighted by molar-refractivity contribution is 5.17. The predicted molar refractivity (Wildman–Crippen MR) is 111 cm³/mol. The monoisotopic (exact) mass is 363 g/mol. The third kappa shape index (κ3) is 5.43. The van der Waals surface area contributed by atoms with Crippen molar-refractivity contribution in [2.45, 2.75) is 70.2 Å². The topological polar surface area (TPSA) is 23.5 Å². The van der Waals surface area contributed by atoms with Crippen molar-refractivity contribution < 1.29 is 5.11 Å². The molecule has 2 aliphatic rings. The van der Waals surface area contributed by atoms with Crippen molar-refractivity contribution in [2.75, 3.05) is 0 Å². The number of nitrogens with zero attached hydrogens (tertiary/aromatic N) is 1. The van der Waals surface area contributed by atoms with Gasteiger partial charge in [-0.15, -0.1) is 0 Å². The largest absolute Gasteiger partial charge is 0.393 e. The SMILES string of the molecule is OC(CC1CCC(N(Cc2ccccc2)Cc2ccccc2)CC1)C1CC1. The number of rotatable bonds is 8. The first kappa shape index (κ1) is 18.7. The molecule has 1 atom stereocenters. The van der Waals surface area contributed by atoms with Gasteiger partial charge in [-0.25, -0.2) is 0 Å². The van der Waals surface area contributed by atoms with E-state index in [-0.39, 0.29) is 6.10 Å². The highest BCUT2D eigenvalue weighted by atomic mass is 16.3. The Morgan fingerprint density at radius 3 is 1.74 bits per heavy atom. The van der Waals surface area contributed by atoms with E-state index in [1.165, 1.54) is 49.7 Å². The molecule has 2 aliphatic carbocycles. The predicted octanol–water partition coefficient (Wildman–Crippen LogP) is 5.41. The fourth-order valence-electron chi connectivity index (χ4n) is 4.71. The van der Waals surface area contributed by atoms with Crippen LogP contribution < -0.4 is 0 Å². The molecule has 1 unspecified atom stereocenters. The van der Waals surface area contributed by atoms with E-state index in [1.54, 1.807) is 0 Å². The summed E-state index contributed by atoms with van der Waals surface area (Å²) in [4.78, 5) is 2.68. The van der Waals surface area contributed by atoms with E-state index in [4.69, 9.17) is 0 Å². The highest BCUT2D eigenvalue weighted by Crippen LogP contribution is 2.38. The van der Waals surface area contributed by atoms with Gasteiger partial charge in [0, 0.05) is 19.1 Å². The zero-order chi connectivity index (χ0) is 18.5. The molecule has 2 aromatic rings. The van der Waals surface area contributed by atoms with Crippen molar-refractivity contribution in [3.8, 4) is 0 Å². The van der Waals surface area contributed by atoms with Gasteiger partial charge in [-0.1, -0.05) is 60.7 Å². The molecule has 2 nitrogen and oxygen atoms in total. The molecule has 0 spiro atoms. The maximum absolute atomic E-state index is 10.3. The van der Waals surface area contributed by atoms with Crippen LogP contribution in [0.5, 0.6) is 0 Å². The smallest absolute Gasteiger partial charge is 0.0571 e. The Morgan fingerprint density at radius 2 is 1.26 bits per heavy atom. The second-order valence-electron chi connectivity index (χ2n) is 8.69. The third-order valence-corrected chi connectivity index (χ3v) is 6.53. The Morgan fingerprint density at radius 1 is 0.741 bits per heavy atom. The first-order valence-corrected chi connectivity index (χ1v) is 10.8. The molecule has 0 aromatic heterocycles. The lowest BCUT2D eigenvalue weighted by Crippen LogP contribution is -2.37. The van der Waals surface area contributed by atoms with Gasteiger partial charge in [-0.05, 0) is 67.9 Å². The second-order valence-corrected chi connectivity index (χ2v) is 8.69. The molecule has 2 heteroatoms. The molecular weight excluding hydrogens is 330 g/mol. The Labute approximate surface area is 164 Å². The second kappa shape index (κ2) is 9.03. The van der Waals surface area contributed by atoms with Gasteiger partial charge in [0.25, 0.3) is 0 Å². The van der Waals surface area contributed by atoms with Gasteiger partial charge >= 0.3 is 0 Å². The molecule has 2 aromatic carbocycles. The summed E-state index contributed by atoms with van der Waals surface area (Å²) >= 11 is 0. The molecule has 4 rings (SSSR count). The van der Waals surface area contributed by atoms with E-state index in [9.17, 15) is 5.11 Å². The Bertz CT molecular complexity index is 632. The lowest BCUT2D eigenvalue weighted by Gasteiger charge is -2.37. The van der Waals surface area contributed by atoms with Crippen molar-refractivity contribution in [3.05, 3.63) is 71.8 Å². The first-order chi connectivity index (χ1) is 13.3. The van der Waals surface area contributed by atoms with Crippen LogP contribution in [-0.4, -0.2) is 22.2 Å². The van der Waals surface area contributed by atoms with Crippen LogP contribution in [0.15, 0.2) is 60.7 Å². The van der Waals surface area contributed by atoms with Crippen molar-refractivity contribution in [1.29, 1.82) is 0 Å². The van der Waals surface area contributed by atoms with Gasteiger partial charge in [0.05, 0.1) is 6.10 Å². The molecule has 2 fully saturated rings. The molecule has 0 heterocycles. The van der Waals surface area contributed by atoms with Crippen LogP contribution in [0.1, 0.15) is 56.1 Å². The number of hydrogen-bond donors (Lipinski definition) is 1. The summed E-state index contributed by atoms with van der Waals surface area (Å²) in [5, 5.41) is 10.3. The molecule has 0 amide bonds. The molecule has 2 saturated carbocycles. The molecule has 0 bridgehead atoms. The molecule has 27 heavy (non-hydrogen) atoms.